The number of carbonyl (C=O) groups is 1. The molecule has 1 fully saturated rings. The van der Waals surface area contributed by atoms with Crippen molar-refractivity contribution in [1.82, 2.24) is 4.90 Å². The van der Waals surface area contributed by atoms with Crippen molar-refractivity contribution in [2.24, 2.45) is 0 Å². The number of thiophene rings is 1. The number of rotatable bonds is 3. The van der Waals surface area contributed by atoms with Gasteiger partial charge in [-0.25, -0.2) is 0 Å². The van der Waals surface area contributed by atoms with E-state index in [0.717, 1.165) is 22.2 Å². The third-order valence-corrected chi connectivity index (χ3v) is 4.05. The highest BCUT2D eigenvalue weighted by Gasteiger charge is 2.34. The van der Waals surface area contributed by atoms with Gasteiger partial charge in [-0.3, -0.25) is 4.79 Å². The highest BCUT2D eigenvalue weighted by Crippen LogP contribution is 2.31. The van der Waals surface area contributed by atoms with E-state index in [9.17, 15) is 4.79 Å². The molecule has 2 nitrogen and oxygen atoms in total. The Balaban J connectivity index is 2.17. The Bertz CT molecular complexity index is 368. The lowest BCUT2D eigenvalue weighted by Gasteiger charge is -2.26. The molecule has 1 saturated carbocycles. The lowest BCUT2D eigenvalue weighted by atomic mass is 10.2. The fourth-order valence-corrected chi connectivity index (χ4v) is 2.88. The molecule has 15 heavy (non-hydrogen) atoms. The molecule has 0 atom stereocenters. The molecule has 1 aliphatic rings. The van der Waals surface area contributed by atoms with E-state index < -0.39 is 0 Å². The van der Waals surface area contributed by atoms with E-state index in [1.54, 1.807) is 11.3 Å². The molecule has 2 rings (SSSR count). The Morgan fingerprint density at radius 3 is 2.67 bits per heavy atom. The average molecular weight is 288 g/mol. The van der Waals surface area contributed by atoms with Gasteiger partial charge < -0.3 is 4.90 Å². The van der Waals surface area contributed by atoms with Gasteiger partial charge in [0.2, 0.25) is 0 Å². The molecule has 1 aromatic rings. The van der Waals surface area contributed by atoms with Crippen molar-refractivity contribution in [3.05, 3.63) is 20.8 Å². The van der Waals surface area contributed by atoms with Crippen LogP contribution < -0.4 is 0 Å². The van der Waals surface area contributed by atoms with Crippen LogP contribution in [0.3, 0.4) is 0 Å². The molecule has 4 heteroatoms. The maximum atomic E-state index is 12.2. The van der Waals surface area contributed by atoms with Crippen LogP contribution >= 0.6 is 27.3 Å². The molecule has 82 valence electrons. The number of nitrogens with zero attached hydrogens (tertiary/aromatic N) is 1. The van der Waals surface area contributed by atoms with E-state index >= 15 is 0 Å². The van der Waals surface area contributed by atoms with Crippen LogP contribution in [0, 0.1) is 0 Å². The van der Waals surface area contributed by atoms with Crippen LogP contribution in [0.1, 0.15) is 37.0 Å². The predicted molar refractivity (Wildman–Crippen MR) is 66.3 cm³/mol. The Morgan fingerprint density at radius 2 is 2.27 bits per heavy atom. The lowest BCUT2D eigenvalue weighted by molar-refractivity contribution is 0.0691. The smallest absolute Gasteiger partial charge is 0.255 e. The van der Waals surface area contributed by atoms with Gasteiger partial charge in [0, 0.05) is 17.5 Å². The summed E-state index contributed by atoms with van der Waals surface area (Å²) in [6.45, 7) is 4.16. The first kappa shape index (κ1) is 11.1. The van der Waals surface area contributed by atoms with E-state index in [1.165, 1.54) is 0 Å². The van der Waals surface area contributed by atoms with Crippen LogP contribution in [-0.4, -0.2) is 22.9 Å². The van der Waals surface area contributed by atoms with E-state index in [1.807, 2.05) is 16.3 Å². The maximum Gasteiger partial charge on any atom is 0.255 e. The maximum absolute atomic E-state index is 12.2. The van der Waals surface area contributed by atoms with Crippen LogP contribution in [0.25, 0.3) is 0 Å². The second-order valence-electron chi connectivity index (χ2n) is 4.18. The average Bonchev–Trinajstić information content (AvgIpc) is 2.87. The van der Waals surface area contributed by atoms with Crippen molar-refractivity contribution in [3.63, 3.8) is 0 Å². The van der Waals surface area contributed by atoms with Crippen molar-refractivity contribution in [2.75, 3.05) is 0 Å². The summed E-state index contributed by atoms with van der Waals surface area (Å²) in [4.78, 5) is 14.2. The van der Waals surface area contributed by atoms with Crippen molar-refractivity contribution >= 4 is 33.2 Å². The quantitative estimate of drug-likeness (QED) is 0.833. The zero-order chi connectivity index (χ0) is 11.0. The third kappa shape index (κ3) is 2.42. The van der Waals surface area contributed by atoms with E-state index in [2.05, 4.69) is 29.8 Å². The summed E-state index contributed by atoms with van der Waals surface area (Å²) >= 11 is 4.95. The largest absolute Gasteiger partial charge is 0.333 e. The van der Waals surface area contributed by atoms with E-state index in [0.29, 0.717) is 12.1 Å². The van der Waals surface area contributed by atoms with Crippen molar-refractivity contribution < 1.29 is 4.79 Å². The summed E-state index contributed by atoms with van der Waals surface area (Å²) in [5.74, 6) is 0.175. The molecule has 1 heterocycles. The molecule has 0 bridgehead atoms. The summed E-state index contributed by atoms with van der Waals surface area (Å²) in [7, 11) is 0. The molecule has 0 N–H and O–H groups in total. The van der Waals surface area contributed by atoms with Crippen molar-refractivity contribution in [2.45, 2.75) is 38.8 Å². The molecular formula is C11H14BrNOS. The summed E-state index contributed by atoms with van der Waals surface area (Å²) < 4.78 is 1.02. The van der Waals surface area contributed by atoms with Gasteiger partial charge in [0.25, 0.3) is 5.91 Å². The number of hydrogen-bond acceptors (Lipinski definition) is 2. The highest BCUT2D eigenvalue weighted by molar-refractivity contribution is 9.11. The van der Waals surface area contributed by atoms with Crippen molar-refractivity contribution in [3.8, 4) is 0 Å². The molecule has 0 radical (unpaired) electrons. The minimum atomic E-state index is 0.175. The molecule has 0 saturated heterocycles. The van der Waals surface area contributed by atoms with Crippen LogP contribution in [0.4, 0.5) is 0 Å². The molecule has 0 aliphatic heterocycles. The van der Waals surface area contributed by atoms with Gasteiger partial charge in [0.05, 0.1) is 9.35 Å². The monoisotopic (exact) mass is 287 g/mol. The van der Waals surface area contributed by atoms with Gasteiger partial charge in [0.15, 0.2) is 0 Å². The lowest BCUT2D eigenvalue weighted by Crippen LogP contribution is -2.38. The number of amides is 1. The van der Waals surface area contributed by atoms with E-state index in [4.69, 9.17) is 0 Å². The van der Waals surface area contributed by atoms with Gasteiger partial charge in [-0.15, -0.1) is 11.3 Å². The van der Waals surface area contributed by atoms with Crippen LogP contribution in [0.5, 0.6) is 0 Å². The van der Waals surface area contributed by atoms with Gasteiger partial charge in [-0.1, -0.05) is 0 Å². The van der Waals surface area contributed by atoms with Gasteiger partial charge >= 0.3 is 0 Å². The third-order valence-electron chi connectivity index (χ3n) is 2.55. The zero-order valence-electron chi connectivity index (χ0n) is 8.87. The van der Waals surface area contributed by atoms with Crippen LogP contribution in [0.15, 0.2) is 15.2 Å². The molecule has 1 aliphatic carbocycles. The summed E-state index contributed by atoms with van der Waals surface area (Å²) in [6, 6.07) is 2.69. The normalized spacial score (nSPS) is 15.7. The number of carbonyl (C=O) groups excluding carboxylic acids is 1. The SMILES string of the molecule is CC(C)N(C(=O)c1csc(Br)c1)C1CC1. The number of hydrogen-bond donors (Lipinski definition) is 0. The fourth-order valence-electron chi connectivity index (χ4n) is 1.75. The van der Waals surface area contributed by atoms with Gasteiger partial charge in [-0.2, -0.15) is 0 Å². The molecular weight excluding hydrogens is 274 g/mol. The fraction of sp³-hybridized carbons (Fsp3) is 0.545. The summed E-state index contributed by atoms with van der Waals surface area (Å²) in [5.41, 5.74) is 0.812. The Labute approximate surface area is 102 Å². The van der Waals surface area contributed by atoms with Gasteiger partial charge in [0.1, 0.15) is 0 Å². The molecule has 0 unspecified atom stereocenters. The second-order valence-corrected chi connectivity index (χ2v) is 6.47. The summed E-state index contributed by atoms with van der Waals surface area (Å²) in [5, 5.41) is 1.92. The first-order valence-electron chi connectivity index (χ1n) is 5.16. The van der Waals surface area contributed by atoms with Crippen LogP contribution in [0.2, 0.25) is 0 Å². The Hall–Kier alpha value is -0.350. The molecule has 1 amide bonds. The first-order chi connectivity index (χ1) is 7.09. The van der Waals surface area contributed by atoms with Crippen molar-refractivity contribution in [1.29, 1.82) is 0 Å². The topological polar surface area (TPSA) is 20.3 Å². The molecule has 0 aromatic carbocycles. The Kier molecular flexibility index (Phi) is 3.16. The minimum Gasteiger partial charge on any atom is -0.333 e. The van der Waals surface area contributed by atoms with Gasteiger partial charge in [-0.05, 0) is 48.7 Å². The first-order valence-corrected chi connectivity index (χ1v) is 6.83. The minimum absolute atomic E-state index is 0.175. The van der Waals surface area contributed by atoms with Crippen LogP contribution in [-0.2, 0) is 0 Å². The number of halogens is 1. The Morgan fingerprint density at radius 1 is 1.60 bits per heavy atom. The molecule has 0 spiro atoms. The standard InChI is InChI=1S/C11H14BrNOS/c1-7(2)13(9-3-4-9)11(14)8-5-10(12)15-6-8/h5-7,9H,3-4H2,1-2H3. The summed E-state index contributed by atoms with van der Waals surface area (Å²) in [6.07, 6.45) is 2.32. The zero-order valence-corrected chi connectivity index (χ0v) is 11.3. The molecule has 1 aromatic heterocycles. The predicted octanol–water partition coefficient (Wildman–Crippen LogP) is 3.52. The second kappa shape index (κ2) is 4.26. The van der Waals surface area contributed by atoms with E-state index in [-0.39, 0.29) is 5.91 Å². The highest BCUT2D eigenvalue weighted by atomic mass is 79.9.